The molecule has 1 fully saturated rings. The number of esters is 1. The van der Waals surface area contributed by atoms with Crippen LogP contribution in [0.25, 0.3) is 0 Å². The number of carbonyl (C=O) groups excluding carboxylic acids is 1. The molecule has 14 heavy (non-hydrogen) atoms. The van der Waals surface area contributed by atoms with Crippen LogP contribution in [-0.2, 0) is 9.53 Å². The van der Waals surface area contributed by atoms with Crippen molar-refractivity contribution in [2.24, 2.45) is 0 Å². The predicted octanol–water partition coefficient (Wildman–Crippen LogP) is 1.81. The Morgan fingerprint density at radius 1 is 1.50 bits per heavy atom. The Kier molecular flexibility index (Phi) is 3.53. The molecule has 1 rings (SSSR count). The maximum absolute atomic E-state index is 11.3. The van der Waals surface area contributed by atoms with Crippen molar-refractivity contribution in [3.63, 3.8) is 0 Å². The number of hydrogen-bond acceptors (Lipinski definition) is 3. The molecule has 2 atom stereocenters. The Hall–Kier alpha value is -0.570. The fraction of sp³-hybridized carbons (Fsp3) is 0.909. The largest absolute Gasteiger partial charge is 0.460 e. The molecule has 0 N–H and O–H groups in total. The molecule has 0 bridgehead atoms. The first-order valence-electron chi connectivity index (χ1n) is 5.34. The van der Waals surface area contributed by atoms with Gasteiger partial charge in [0.2, 0.25) is 0 Å². The average Bonchev–Trinajstić information content (AvgIpc) is 2.62. The smallest absolute Gasteiger partial charge is 0.306 e. The summed E-state index contributed by atoms with van der Waals surface area (Å²) in [5.74, 6) is -0.0768. The monoisotopic (exact) mass is 199 g/mol. The lowest BCUT2D eigenvalue weighted by Gasteiger charge is -2.19. The highest BCUT2D eigenvalue weighted by atomic mass is 16.6. The zero-order chi connectivity index (χ0) is 10.8. The topological polar surface area (TPSA) is 29.3 Å². The van der Waals surface area contributed by atoms with Gasteiger partial charge >= 0.3 is 5.97 Å². The molecule has 0 spiro atoms. The minimum atomic E-state index is -0.343. The van der Waals surface area contributed by atoms with Crippen molar-refractivity contribution in [2.45, 2.75) is 52.2 Å². The van der Waals surface area contributed by atoms with Gasteiger partial charge in [-0.25, -0.2) is 0 Å². The zero-order valence-corrected chi connectivity index (χ0v) is 9.67. The third kappa shape index (κ3) is 4.61. The van der Waals surface area contributed by atoms with Crippen LogP contribution >= 0.6 is 0 Å². The molecule has 3 nitrogen and oxygen atoms in total. The van der Waals surface area contributed by atoms with E-state index in [0.29, 0.717) is 6.42 Å². The molecule has 1 aliphatic heterocycles. The van der Waals surface area contributed by atoms with E-state index in [1.54, 1.807) is 0 Å². The SMILES string of the molecule is CC1CN1CCCC(=O)OC(C)(C)C. The Balaban J connectivity index is 2.03. The van der Waals surface area contributed by atoms with E-state index in [4.69, 9.17) is 4.74 Å². The van der Waals surface area contributed by atoms with Gasteiger partial charge in [-0.2, -0.15) is 0 Å². The lowest BCUT2D eigenvalue weighted by Crippen LogP contribution is -2.24. The van der Waals surface area contributed by atoms with E-state index in [2.05, 4.69) is 11.8 Å². The summed E-state index contributed by atoms with van der Waals surface area (Å²) < 4.78 is 5.21. The predicted molar refractivity (Wildman–Crippen MR) is 56.1 cm³/mol. The molecule has 0 aromatic heterocycles. The second kappa shape index (κ2) is 4.30. The highest BCUT2D eigenvalue weighted by Gasteiger charge is 2.28. The second-order valence-electron chi connectivity index (χ2n) is 5.03. The van der Waals surface area contributed by atoms with Crippen LogP contribution in [0.1, 0.15) is 40.5 Å². The van der Waals surface area contributed by atoms with Gasteiger partial charge < -0.3 is 4.74 Å². The van der Waals surface area contributed by atoms with E-state index in [1.165, 1.54) is 6.54 Å². The highest BCUT2D eigenvalue weighted by Crippen LogP contribution is 2.17. The van der Waals surface area contributed by atoms with Gasteiger partial charge in [0.05, 0.1) is 0 Å². The molecule has 0 aliphatic carbocycles. The lowest BCUT2D eigenvalue weighted by molar-refractivity contribution is -0.154. The molecule has 2 unspecified atom stereocenters. The van der Waals surface area contributed by atoms with E-state index in [1.807, 2.05) is 20.8 Å². The minimum absolute atomic E-state index is 0.0768. The Bertz CT molecular complexity index is 208. The number of carbonyl (C=O) groups is 1. The van der Waals surface area contributed by atoms with Crippen LogP contribution in [0.5, 0.6) is 0 Å². The summed E-state index contributed by atoms with van der Waals surface area (Å²) in [5.41, 5.74) is -0.343. The molecule has 3 heteroatoms. The van der Waals surface area contributed by atoms with E-state index >= 15 is 0 Å². The molecule has 82 valence electrons. The van der Waals surface area contributed by atoms with Crippen LogP contribution in [0.3, 0.4) is 0 Å². The van der Waals surface area contributed by atoms with E-state index in [0.717, 1.165) is 19.0 Å². The van der Waals surface area contributed by atoms with E-state index in [9.17, 15) is 4.79 Å². The van der Waals surface area contributed by atoms with Gasteiger partial charge in [-0.05, 0) is 40.7 Å². The van der Waals surface area contributed by atoms with Crippen molar-refractivity contribution >= 4 is 5.97 Å². The number of nitrogens with zero attached hydrogens (tertiary/aromatic N) is 1. The Morgan fingerprint density at radius 3 is 2.50 bits per heavy atom. The fourth-order valence-electron chi connectivity index (χ4n) is 1.42. The molecule has 1 heterocycles. The summed E-state index contributed by atoms with van der Waals surface area (Å²) in [6, 6.07) is 0.730. The normalized spacial score (nSPS) is 26.0. The molecule has 1 aliphatic rings. The first-order chi connectivity index (χ1) is 6.38. The Labute approximate surface area is 86.4 Å². The van der Waals surface area contributed by atoms with Gasteiger partial charge in [0.1, 0.15) is 5.60 Å². The third-order valence-corrected chi connectivity index (χ3v) is 2.23. The van der Waals surface area contributed by atoms with Crippen molar-refractivity contribution in [2.75, 3.05) is 13.1 Å². The van der Waals surface area contributed by atoms with Gasteiger partial charge in [-0.3, -0.25) is 9.69 Å². The van der Waals surface area contributed by atoms with Gasteiger partial charge in [-0.1, -0.05) is 0 Å². The number of ether oxygens (including phenoxy) is 1. The maximum atomic E-state index is 11.3. The third-order valence-electron chi connectivity index (χ3n) is 2.23. The van der Waals surface area contributed by atoms with Crippen LogP contribution < -0.4 is 0 Å². The van der Waals surface area contributed by atoms with Crippen LogP contribution in [0.15, 0.2) is 0 Å². The van der Waals surface area contributed by atoms with Crippen molar-refractivity contribution < 1.29 is 9.53 Å². The van der Waals surface area contributed by atoms with E-state index in [-0.39, 0.29) is 11.6 Å². The highest BCUT2D eigenvalue weighted by molar-refractivity contribution is 5.69. The quantitative estimate of drug-likeness (QED) is 0.511. The lowest BCUT2D eigenvalue weighted by atomic mass is 10.2. The molecule has 1 saturated heterocycles. The summed E-state index contributed by atoms with van der Waals surface area (Å²) in [7, 11) is 0. The standard InChI is InChI=1S/C11H21NO2/c1-9-8-12(9)7-5-6-10(13)14-11(2,3)4/h9H,5-8H2,1-4H3. The van der Waals surface area contributed by atoms with E-state index < -0.39 is 0 Å². The molecule has 0 aromatic carbocycles. The van der Waals surface area contributed by atoms with Gasteiger partial charge in [0.25, 0.3) is 0 Å². The second-order valence-corrected chi connectivity index (χ2v) is 5.03. The minimum Gasteiger partial charge on any atom is -0.460 e. The van der Waals surface area contributed by atoms with Gasteiger partial charge in [0, 0.05) is 19.0 Å². The summed E-state index contributed by atoms with van der Waals surface area (Å²) >= 11 is 0. The van der Waals surface area contributed by atoms with Gasteiger partial charge in [-0.15, -0.1) is 0 Å². The zero-order valence-electron chi connectivity index (χ0n) is 9.67. The molecule has 0 aromatic rings. The molecule has 0 radical (unpaired) electrons. The van der Waals surface area contributed by atoms with Crippen molar-refractivity contribution in [1.82, 2.24) is 4.90 Å². The fourth-order valence-corrected chi connectivity index (χ4v) is 1.42. The van der Waals surface area contributed by atoms with Gasteiger partial charge in [0.15, 0.2) is 0 Å². The van der Waals surface area contributed by atoms with Crippen LogP contribution in [0.2, 0.25) is 0 Å². The molecular weight excluding hydrogens is 178 g/mol. The first kappa shape index (κ1) is 11.5. The average molecular weight is 199 g/mol. The molecular formula is C11H21NO2. The van der Waals surface area contributed by atoms with Crippen molar-refractivity contribution in [1.29, 1.82) is 0 Å². The molecule has 0 amide bonds. The van der Waals surface area contributed by atoms with Crippen molar-refractivity contribution in [3.8, 4) is 0 Å². The summed E-state index contributed by atoms with van der Waals surface area (Å²) in [6.07, 6.45) is 1.46. The number of hydrogen-bond donors (Lipinski definition) is 0. The van der Waals surface area contributed by atoms with Crippen LogP contribution in [0, 0.1) is 0 Å². The number of rotatable bonds is 4. The van der Waals surface area contributed by atoms with Crippen molar-refractivity contribution in [3.05, 3.63) is 0 Å². The maximum Gasteiger partial charge on any atom is 0.306 e. The van der Waals surface area contributed by atoms with Crippen LogP contribution in [-0.4, -0.2) is 35.6 Å². The summed E-state index contributed by atoms with van der Waals surface area (Å²) in [5, 5.41) is 0. The summed E-state index contributed by atoms with van der Waals surface area (Å²) in [6.45, 7) is 10.1. The summed E-state index contributed by atoms with van der Waals surface area (Å²) in [4.78, 5) is 13.7. The molecule has 0 saturated carbocycles. The Morgan fingerprint density at radius 2 is 2.07 bits per heavy atom. The first-order valence-corrected chi connectivity index (χ1v) is 5.34. The van der Waals surface area contributed by atoms with Crippen LogP contribution in [0.4, 0.5) is 0 Å².